The Balaban J connectivity index is 1.71. The summed E-state index contributed by atoms with van der Waals surface area (Å²) in [5.41, 5.74) is 1.89. The van der Waals surface area contributed by atoms with E-state index in [0.29, 0.717) is 5.89 Å². The normalized spacial score (nSPS) is 11.2. The summed E-state index contributed by atoms with van der Waals surface area (Å²) in [5.74, 6) is -1.04. The van der Waals surface area contributed by atoms with Gasteiger partial charge in [-0.15, -0.1) is 21.5 Å². The summed E-state index contributed by atoms with van der Waals surface area (Å²) in [5, 5.41) is 24.2. The van der Waals surface area contributed by atoms with Gasteiger partial charge >= 0.3 is 0 Å². The molecule has 0 aliphatic carbocycles. The van der Waals surface area contributed by atoms with Crippen LogP contribution >= 0.6 is 23.1 Å². The van der Waals surface area contributed by atoms with E-state index >= 15 is 0 Å². The van der Waals surface area contributed by atoms with Crippen LogP contribution in [-0.2, 0) is 4.79 Å². The molecule has 0 radical (unpaired) electrons. The van der Waals surface area contributed by atoms with Gasteiger partial charge in [0, 0.05) is 11.1 Å². The number of carboxylic acids is 1. The van der Waals surface area contributed by atoms with Crippen molar-refractivity contribution in [3.8, 4) is 16.5 Å². The zero-order valence-electron chi connectivity index (χ0n) is 13.0. The number of aliphatic carboxylic acids is 1. The molecule has 0 unspecified atom stereocenters. The molecule has 0 N–H and O–H groups in total. The molecule has 0 amide bonds. The summed E-state index contributed by atoms with van der Waals surface area (Å²) in [6.07, 6.45) is 0. The van der Waals surface area contributed by atoms with E-state index in [1.165, 1.54) is 11.3 Å². The summed E-state index contributed by atoms with van der Waals surface area (Å²) >= 11 is 2.44. The number of aromatic nitrogens is 4. The molecule has 0 fully saturated rings. The van der Waals surface area contributed by atoms with Crippen molar-refractivity contribution in [3.05, 3.63) is 42.1 Å². The van der Waals surface area contributed by atoms with E-state index in [1.807, 2.05) is 48.0 Å². The van der Waals surface area contributed by atoms with Crippen molar-refractivity contribution >= 4 is 39.3 Å². The van der Waals surface area contributed by atoms with Gasteiger partial charge in [0.25, 0.3) is 11.1 Å². The number of para-hydroxylation sites is 1. The number of hydrogen-bond donors (Lipinski definition) is 0. The smallest absolute Gasteiger partial charge is 0.277 e. The zero-order valence-corrected chi connectivity index (χ0v) is 14.6. The molecule has 0 aliphatic rings. The molecule has 0 saturated carbocycles. The number of carbonyl (C=O) groups is 1. The lowest BCUT2D eigenvalue weighted by atomic mass is 10.3. The second-order valence-corrected chi connectivity index (χ2v) is 7.15. The molecule has 25 heavy (non-hydrogen) atoms. The SMILES string of the molecule is Cc1nn(-c2ccccc2)c2sc(-c3nnc(SCC(=O)[O-])o3)cc12. The van der Waals surface area contributed by atoms with E-state index in [2.05, 4.69) is 15.3 Å². The zero-order chi connectivity index (χ0) is 17.4. The van der Waals surface area contributed by atoms with Crippen molar-refractivity contribution in [2.24, 2.45) is 0 Å². The molecule has 4 rings (SSSR count). The standard InChI is InChI=1S/C16H12N4O3S2/c1-9-11-7-12(14-17-18-16(23-14)24-8-13(21)22)25-15(11)20(19-9)10-5-3-2-4-6-10/h2-7H,8H2,1H3,(H,21,22)/p-1. The van der Waals surface area contributed by atoms with Gasteiger partial charge in [-0.3, -0.25) is 0 Å². The average Bonchev–Trinajstić information content (AvgIpc) is 3.30. The highest BCUT2D eigenvalue weighted by atomic mass is 32.2. The van der Waals surface area contributed by atoms with Crippen LogP contribution in [0.5, 0.6) is 0 Å². The third-order valence-electron chi connectivity index (χ3n) is 3.48. The second kappa shape index (κ2) is 6.34. The molecule has 126 valence electrons. The Morgan fingerprint density at radius 1 is 1.32 bits per heavy atom. The van der Waals surface area contributed by atoms with Crippen LogP contribution in [0.25, 0.3) is 26.7 Å². The summed E-state index contributed by atoms with van der Waals surface area (Å²) in [6.45, 7) is 1.95. The fraction of sp³-hybridized carbons (Fsp3) is 0.125. The number of thioether (sulfide) groups is 1. The van der Waals surface area contributed by atoms with E-state index in [-0.39, 0.29) is 11.0 Å². The van der Waals surface area contributed by atoms with Crippen LogP contribution < -0.4 is 5.11 Å². The number of aryl methyl sites for hydroxylation is 1. The molecule has 9 heteroatoms. The molecule has 4 aromatic rings. The van der Waals surface area contributed by atoms with Crippen LogP contribution in [0.3, 0.4) is 0 Å². The first kappa shape index (κ1) is 15.9. The lowest BCUT2D eigenvalue weighted by Crippen LogP contribution is -2.24. The van der Waals surface area contributed by atoms with Crippen LogP contribution in [0.1, 0.15) is 5.69 Å². The predicted molar refractivity (Wildman–Crippen MR) is 92.7 cm³/mol. The second-order valence-electron chi connectivity index (χ2n) is 5.20. The highest BCUT2D eigenvalue weighted by Crippen LogP contribution is 2.36. The lowest BCUT2D eigenvalue weighted by Gasteiger charge is -2.00. The first-order valence-electron chi connectivity index (χ1n) is 7.33. The van der Waals surface area contributed by atoms with Crippen molar-refractivity contribution in [2.75, 3.05) is 5.75 Å². The molecular weight excluding hydrogens is 360 g/mol. The van der Waals surface area contributed by atoms with Crippen LogP contribution in [0.4, 0.5) is 0 Å². The maximum Gasteiger partial charge on any atom is 0.277 e. The Kier molecular flexibility index (Phi) is 4.02. The Hall–Kier alpha value is -2.65. The van der Waals surface area contributed by atoms with E-state index in [0.717, 1.165) is 38.2 Å². The van der Waals surface area contributed by atoms with E-state index in [9.17, 15) is 9.90 Å². The number of benzene rings is 1. The Bertz CT molecular complexity index is 1050. The van der Waals surface area contributed by atoms with Gasteiger partial charge in [0.15, 0.2) is 0 Å². The van der Waals surface area contributed by atoms with Crippen molar-refractivity contribution in [1.29, 1.82) is 0 Å². The molecular formula is C16H11N4O3S2-. The first-order valence-corrected chi connectivity index (χ1v) is 9.13. The summed E-state index contributed by atoms with van der Waals surface area (Å²) < 4.78 is 7.42. The van der Waals surface area contributed by atoms with Gasteiger partial charge in [0.2, 0.25) is 0 Å². The summed E-state index contributed by atoms with van der Waals surface area (Å²) in [6, 6.07) is 11.8. The summed E-state index contributed by atoms with van der Waals surface area (Å²) in [7, 11) is 0. The van der Waals surface area contributed by atoms with Gasteiger partial charge < -0.3 is 14.3 Å². The van der Waals surface area contributed by atoms with Gasteiger partial charge in [-0.1, -0.05) is 30.0 Å². The van der Waals surface area contributed by atoms with Gasteiger partial charge in [-0.2, -0.15) is 5.10 Å². The number of rotatable bonds is 5. The van der Waals surface area contributed by atoms with Gasteiger partial charge in [-0.25, -0.2) is 4.68 Å². The van der Waals surface area contributed by atoms with Crippen LogP contribution in [0.2, 0.25) is 0 Å². The third-order valence-corrected chi connectivity index (χ3v) is 5.37. The van der Waals surface area contributed by atoms with E-state index in [1.54, 1.807) is 0 Å². The number of fused-ring (bicyclic) bond motifs is 1. The molecule has 0 atom stereocenters. The molecule has 3 heterocycles. The Labute approximate surface area is 150 Å². The average molecular weight is 371 g/mol. The molecule has 0 bridgehead atoms. The van der Waals surface area contributed by atoms with Crippen LogP contribution in [-0.4, -0.2) is 31.7 Å². The number of carbonyl (C=O) groups excluding carboxylic acids is 1. The van der Waals surface area contributed by atoms with E-state index < -0.39 is 5.97 Å². The minimum absolute atomic E-state index is 0.207. The van der Waals surface area contributed by atoms with Crippen molar-refractivity contribution < 1.29 is 14.3 Å². The van der Waals surface area contributed by atoms with Crippen LogP contribution in [0.15, 0.2) is 46.0 Å². The summed E-state index contributed by atoms with van der Waals surface area (Å²) in [4.78, 5) is 12.3. The van der Waals surface area contributed by atoms with Gasteiger partial charge in [0.05, 0.1) is 22.2 Å². The fourth-order valence-electron chi connectivity index (χ4n) is 2.39. The van der Waals surface area contributed by atoms with Gasteiger partial charge in [-0.05, 0) is 25.1 Å². The predicted octanol–water partition coefficient (Wildman–Crippen LogP) is 2.29. The highest BCUT2D eigenvalue weighted by Gasteiger charge is 2.17. The fourth-order valence-corrected chi connectivity index (χ4v) is 3.97. The first-order chi connectivity index (χ1) is 12.1. The number of thiophene rings is 1. The lowest BCUT2D eigenvalue weighted by molar-refractivity contribution is -0.301. The molecule has 3 aromatic heterocycles. The van der Waals surface area contributed by atoms with Gasteiger partial charge in [0.1, 0.15) is 4.83 Å². The number of carboxylic acid groups (broad SMARTS) is 1. The van der Waals surface area contributed by atoms with Crippen LogP contribution in [0, 0.1) is 6.92 Å². The molecule has 1 aromatic carbocycles. The minimum Gasteiger partial charge on any atom is -0.549 e. The maximum absolute atomic E-state index is 10.5. The molecule has 0 saturated heterocycles. The van der Waals surface area contributed by atoms with Crippen molar-refractivity contribution in [2.45, 2.75) is 12.1 Å². The Morgan fingerprint density at radius 2 is 2.12 bits per heavy atom. The molecule has 7 nitrogen and oxygen atoms in total. The molecule has 0 spiro atoms. The quantitative estimate of drug-likeness (QED) is 0.497. The maximum atomic E-state index is 10.5. The highest BCUT2D eigenvalue weighted by molar-refractivity contribution is 7.99. The van der Waals surface area contributed by atoms with Crippen molar-refractivity contribution in [3.63, 3.8) is 0 Å². The molecule has 0 aliphatic heterocycles. The number of nitrogens with zero attached hydrogens (tertiary/aromatic N) is 4. The van der Waals surface area contributed by atoms with E-state index in [4.69, 9.17) is 4.42 Å². The third kappa shape index (κ3) is 3.03. The Morgan fingerprint density at radius 3 is 2.88 bits per heavy atom. The number of hydrogen-bond acceptors (Lipinski definition) is 8. The largest absolute Gasteiger partial charge is 0.549 e. The minimum atomic E-state index is -1.18. The topological polar surface area (TPSA) is 96.9 Å². The van der Waals surface area contributed by atoms with Crippen molar-refractivity contribution in [1.82, 2.24) is 20.0 Å². The monoisotopic (exact) mass is 371 g/mol.